The second-order valence-electron chi connectivity index (χ2n) is 6.02. The number of ether oxygens (including phenoxy) is 2. The summed E-state index contributed by atoms with van der Waals surface area (Å²) in [6.07, 6.45) is 2.97. The molecule has 1 heterocycles. The van der Waals surface area contributed by atoms with E-state index in [1.807, 2.05) is 39.0 Å². The van der Waals surface area contributed by atoms with Gasteiger partial charge in [-0.25, -0.2) is 4.79 Å². The number of nitrogens with zero attached hydrogens (tertiary/aromatic N) is 1. The first-order chi connectivity index (χ1) is 11.3. The minimum absolute atomic E-state index is 0.00724. The number of morpholine rings is 1. The van der Waals surface area contributed by atoms with Gasteiger partial charge in [-0.2, -0.15) is 0 Å². The highest BCUT2D eigenvalue weighted by Gasteiger charge is 2.26. The van der Waals surface area contributed by atoms with Crippen molar-refractivity contribution >= 4 is 33.9 Å². The topological polar surface area (TPSA) is 55.8 Å². The molecule has 1 amide bonds. The highest BCUT2D eigenvalue weighted by molar-refractivity contribution is 9.10. The molecule has 0 N–H and O–H groups in total. The van der Waals surface area contributed by atoms with Gasteiger partial charge in [-0.15, -0.1) is 0 Å². The molecule has 0 unspecified atom stereocenters. The van der Waals surface area contributed by atoms with Crippen LogP contribution in [-0.4, -0.2) is 48.7 Å². The average molecular weight is 396 g/mol. The Labute approximate surface area is 150 Å². The van der Waals surface area contributed by atoms with E-state index < -0.39 is 5.97 Å². The number of rotatable bonds is 4. The molecule has 1 aliphatic heterocycles. The van der Waals surface area contributed by atoms with Crippen LogP contribution in [0.3, 0.4) is 0 Å². The highest BCUT2D eigenvalue weighted by atomic mass is 79.9. The molecule has 5 nitrogen and oxygen atoms in total. The number of hydrogen-bond acceptors (Lipinski definition) is 4. The maximum Gasteiger partial charge on any atom is 0.331 e. The lowest BCUT2D eigenvalue weighted by atomic mass is 10.1. The molecular weight excluding hydrogens is 374 g/mol. The lowest BCUT2D eigenvalue weighted by molar-refractivity contribution is -0.154. The van der Waals surface area contributed by atoms with E-state index in [1.165, 1.54) is 6.08 Å². The number of carbonyl (C=O) groups is 2. The number of halogens is 1. The van der Waals surface area contributed by atoms with Gasteiger partial charge in [-0.1, -0.05) is 28.1 Å². The van der Waals surface area contributed by atoms with E-state index in [4.69, 9.17) is 9.47 Å². The standard InChI is InChI=1S/C18H22BrNO4/c1-12-4-5-15(16(19)8-12)6-7-18(22)23-11-17(21)20-9-13(2)24-14(3)10-20/h4-8,13-14H,9-11H2,1-3H3/b7-6+/t13-,14+. The molecular formula is C18H22BrNO4. The van der Waals surface area contributed by atoms with Gasteiger partial charge in [0.2, 0.25) is 0 Å². The number of amides is 1. The quantitative estimate of drug-likeness (QED) is 0.580. The van der Waals surface area contributed by atoms with Crippen molar-refractivity contribution in [3.63, 3.8) is 0 Å². The number of carbonyl (C=O) groups excluding carboxylic acids is 2. The van der Waals surface area contributed by atoms with Gasteiger partial charge in [0.1, 0.15) is 0 Å². The molecule has 0 saturated carbocycles. The van der Waals surface area contributed by atoms with Crippen molar-refractivity contribution in [2.45, 2.75) is 33.0 Å². The first kappa shape index (κ1) is 18.7. The Kier molecular flexibility index (Phi) is 6.57. The van der Waals surface area contributed by atoms with E-state index >= 15 is 0 Å². The van der Waals surface area contributed by atoms with E-state index in [2.05, 4.69) is 15.9 Å². The lowest BCUT2D eigenvalue weighted by Gasteiger charge is -2.35. The zero-order chi connectivity index (χ0) is 17.7. The second-order valence-corrected chi connectivity index (χ2v) is 6.88. The molecule has 2 atom stereocenters. The van der Waals surface area contributed by atoms with Gasteiger partial charge in [-0.05, 0) is 44.0 Å². The molecule has 1 aromatic carbocycles. The minimum Gasteiger partial charge on any atom is -0.452 e. The Morgan fingerprint density at radius 3 is 2.62 bits per heavy atom. The molecule has 2 rings (SSSR count). The molecule has 0 bridgehead atoms. The van der Waals surface area contributed by atoms with E-state index in [-0.39, 0.29) is 24.7 Å². The van der Waals surface area contributed by atoms with Gasteiger partial charge < -0.3 is 14.4 Å². The number of aryl methyl sites for hydroxylation is 1. The number of esters is 1. The van der Waals surface area contributed by atoms with Gasteiger partial charge in [0, 0.05) is 23.6 Å². The van der Waals surface area contributed by atoms with Crippen LogP contribution in [0.25, 0.3) is 6.08 Å². The fourth-order valence-corrected chi connectivity index (χ4v) is 3.20. The van der Waals surface area contributed by atoms with Crippen molar-refractivity contribution < 1.29 is 19.1 Å². The summed E-state index contributed by atoms with van der Waals surface area (Å²) in [6.45, 7) is 6.62. The Morgan fingerprint density at radius 2 is 2.00 bits per heavy atom. The molecule has 6 heteroatoms. The summed E-state index contributed by atoms with van der Waals surface area (Å²) in [5.74, 6) is -0.736. The second kappa shape index (κ2) is 8.44. The minimum atomic E-state index is -0.537. The zero-order valence-electron chi connectivity index (χ0n) is 14.1. The average Bonchev–Trinajstić information content (AvgIpc) is 2.50. The smallest absolute Gasteiger partial charge is 0.331 e. The molecule has 0 aromatic heterocycles. The van der Waals surface area contributed by atoms with Crippen molar-refractivity contribution in [3.8, 4) is 0 Å². The largest absolute Gasteiger partial charge is 0.452 e. The summed E-state index contributed by atoms with van der Waals surface area (Å²) in [6, 6.07) is 5.83. The fraction of sp³-hybridized carbons (Fsp3) is 0.444. The SMILES string of the molecule is Cc1ccc(/C=C/C(=O)OCC(=O)N2C[C@@H](C)O[C@@H](C)C2)c(Br)c1. The molecule has 130 valence electrons. The summed E-state index contributed by atoms with van der Waals surface area (Å²) in [5, 5.41) is 0. The van der Waals surface area contributed by atoms with Crippen molar-refractivity contribution in [1.29, 1.82) is 0 Å². The van der Waals surface area contributed by atoms with Crippen molar-refractivity contribution in [3.05, 3.63) is 39.9 Å². The van der Waals surface area contributed by atoms with Gasteiger partial charge in [0.15, 0.2) is 6.61 Å². The van der Waals surface area contributed by atoms with Crippen LogP contribution >= 0.6 is 15.9 Å². The summed E-state index contributed by atoms with van der Waals surface area (Å²) in [4.78, 5) is 25.6. The van der Waals surface area contributed by atoms with Gasteiger partial charge in [0.05, 0.1) is 12.2 Å². The molecule has 0 radical (unpaired) electrons. The molecule has 1 aromatic rings. The third kappa shape index (κ3) is 5.46. The Bertz CT molecular complexity index is 634. The number of hydrogen-bond donors (Lipinski definition) is 0. The molecule has 0 spiro atoms. The van der Waals surface area contributed by atoms with Crippen molar-refractivity contribution in [1.82, 2.24) is 4.90 Å². The van der Waals surface area contributed by atoms with Crippen LogP contribution in [-0.2, 0) is 19.1 Å². The zero-order valence-corrected chi connectivity index (χ0v) is 15.7. The van der Waals surface area contributed by atoms with E-state index in [0.29, 0.717) is 13.1 Å². The Hall–Kier alpha value is -1.66. The Balaban J connectivity index is 1.84. The number of benzene rings is 1. The highest BCUT2D eigenvalue weighted by Crippen LogP contribution is 2.19. The summed E-state index contributed by atoms with van der Waals surface area (Å²) >= 11 is 3.45. The summed E-state index contributed by atoms with van der Waals surface area (Å²) in [5.41, 5.74) is 2.00. The molecule has 0 aliphatic carbocycles. The fourth-order valence-electron chi connectivity index (χ4n) is 2.58. The molecule has 1 saturated heterocycles. The van der Waals surface area contributed by atoms with E-state index in [1.54, 1.807) is 11.0 Å². The van der Waals surface area contributed by atoms with Crippen LogP contribution in [0, 0.1) is 6.92 Å². The third-order valence-corrected chi connectivity index (χ3v) is 4.35. The van der Waals surface area contributed by atoms with Crippen molar-refractivity contribution in [2.75, 3.05) is 19.7 Å². The van der Waals surface area contributed by atoms with Crippen LogP contribution in [0.4, 0.5) is 0 Å². The van der Waals surface area contributed by atoms with Crippen LogP contribution < -0.4 is 0 Å². The molecule has 1 aliphatic rings. The van der Waals surface area contributed by atoms with E-state index in [0.717, 1.165) is 15.6 Å². The Morgan fingerprint density at radius 1 is 1.33 bits per heavy atom. The monoisotopic (exact) mass is 395 g/mol. The van der Waals surface area contributed by atoms with Crippen LogP contribution in [0.5, 0.6) is 0 Å². The first-order valence-corrected chi connectivity index (χ1v) is 8.68. The van der Waals surface area contributed by atoms with Gasteiger partial charge in [0.25, 0.3) is 5.91 Å². The van der Waals surface area contributed by atoms with E-state index in [9.17, 15) is 9.59 Å². The molecule has 24 heavy (non-hydrogen) atoms. The maximum atomic E-state index is 12.1. The maximum absolute atomic E-state index is 12.1. The van der Waals surface area contributed by atoms with Crippen LogP contribution in [0.15, 0.2) is 28.7 Å². The van der Waals surface area contributed by atoms with Gasteiger partial charge >= 0.3 is 5.97 Å². The normalized spacial score (nSPS) is 21.1. The lowest BCUT2D eigenvalue weighted by Crippen LogP contribution is -2.49. The predicted octanol–water partition coefficient (Wildman–Crippen LogP) is 2.95. The van der Waals surface area contributed by atoms with Gasteiger partial charge in [-0.3, -0.25) is 4.79 Å². The summed E-state index contributed by atoms with van der Waals surface area (Å²) < 4.78 is 11.5. The molecule has 1 fully saturated rings. The third-order valence-electron chi connectivity index (χ3n) is 3.67. The van der Waals surface area contributed by atoms with Crippen LogP contribution in [0.1, 0.15) is 25.0 Å². The first-order valence-electron chi connectivity index (χ1n) is 7.89. The predicted molar refractivity (Wildman–Crippen MR) is 95.5 cm³/mol. The van der Waals surface area contributed by atoms with Crippen LogP contribution in [0.2, 0.25) is 0 Å². The van der Waals surface area contributed by atoms with Crippen molar-refractivity contribution in [2.24, 2.45) is 0 Å². The summed E-state index contributed by atoms with van der Waals surface area (Å²) in [7, 11) is 0.